The maximum atomic E-state index is 12.4. The molecule has 0 aliphatic carbocycles. The van der Waals surface area contributed by atoms with Crippen LogP contribution in [-0.2, 0) is 4.74 Å². The number of nitrogens with zero attached hydrogens (tertiary/aromatic N) is 2. The highest BCUT2D eigenvalue weighted by Gasteiger charge is 2.11. The number of esters is 1. The van der Waals surface area contributed by atoms with Gasteiger partial charge in [-0.3, -0.25) is 4.79 Å². The Morgan fingerprint density at radius 3 is 2.43 bits per heavy atom. The Morgan fingerprint density at radius 2 is 1.79 bits per heavy atom. The van der Waals surface area contributed by atoms with Gasteiger partial charge in [-0.25, -0.2) is 14.8 Å². The largest absolute Gasteiger partial charge is 0.465 e. The number of hydrogen-bond acceptors (Lipinski definition) is 6. The predicted octanol–water partition coefficient (Wildman–Crippen LogP) is 4.22. The fraction of sp³-hybridized carbons (Fsp3) is 0.100. The van der Waals surface area contributed by atoms with Crippen molar-refractivity contribution in [3.63, 3.8) is 0 Å². The Bertz CT molecular complexity index is 1000. The summed E-state index contributed by atoms with van der Waals surface area (Å²) in [5.41, 5.74) is 2.73. The van der Waals surface area contributed by atoms with Crippen molar-refractivity contribution in [1.29, 1.82) is 0 Å². The molecule has 0 bridgehead atoms. The van der Waals surface area contributed by atoms with E-state index in [0.717, 1.165) is 5.56 Å². The lowest BCUT2D eigenvalue weighted by molar-refractivity contribution is 0.0600. The van der Waals surface area contributed by atoms with E-state index >= 15 is 0 Å². The molecular formula is C20H17ClN4O3. The summed E-state index contributed by atoms with van der Waals surface area (Å²) >= 11 is 6.06. The van der Waals surface area contributed by atoms with Gasteiger partial charge in [-0.2, -0.15) is 0 Å². The molecule has 8 heteroatoms. The Hall–Kier alpha value is -3.45. The van der Waals surface area contributed by atoms with Crippen LogP contribution in [0.4, 0.5) is 17.2 Å². The van der Waals surface area contributed by atoms with Crippen LogP contribution in [0.2, 0.25) is 5.02 Å². The molecule has 3 aromatic rings. The Labute approximate surface area is 166 Å². The first-order chi connectivity index (χ1) is 13.5. The molecule has 1 heterocycles. The van der Waals surface area contributed by atoms with E-state index in [0.29, 0.717) is 27.8 Å². The number of amides is 1. The zero-order valence-corrected chi connectivity index (χ0v) is 15.9. The van der Waals surface area contributed by atoms with Crippen molar-refractivity contribution < 1.29 is 14.3 Å². The average molecular weight is 397 g/mol. The van der Waals surface area contributed by atoms with Crippen molar-refractivity contribution in [2.24, 2.45) is 0 Å². The second kappa shape index (κ2) is 8.49. The van der Waals surface area contributed by atoms with Gasteiger partial charge in [-0.05, 0) is 48.9 Å². The smallest absolute Gasteiger partial charge is 0.337 e. The summed E-state index contributed by atoms with van der Waals surface area (Å²) in [6.45, 7) is 1.82. The van der Waals surface area contributed by atoms with Gasteiger partial charge in [-0.1, -0.05) is 17.7 Å². The molecule has 0 saturated heterocycles. The number of nitrogens with one attached hydrogen (secondary N) is 2. The molecular weight excluding hydrogens is 380 g/mol. The molecule has 142 valence electrons. The van der Waals surface area contributed by atoms with Crippen molar-refractivity contribution in [3.05, 3.63) is 76.7 Å². The van der Waals surface area contributed by atoms with Gasteiger partial charge in [0.2, 0.25) is 0 Å². The molecule has 0 spiro atoms. The number of halogens is 1. The molecule has 0 aliphatic heterocycles. The van der Waals surface area contributed by atoms with Crippen LogP contribution < -0.4 is 10.6 Å². The van der Waals surface area contributed by atoms with Crippen LogP contribution in [0.1, 0.15) is 26.4 Å². The number of aromatic nitrogens is 2. The summed E-state index contributed by atoms with van der Waals surface area (Å²) in [6, 6.07) is 12.0. The van der Waals surface area contributed by atoms with Crippen molar-refractivity contribution >= 4 is 40.7 Å². The minimum atomic E-state index is -0.406. The summed E-state index contributed by atoms with van der Waals surface area (Å²) in [7, 11) is 1.33. The number of methoxy groups -OCH3 is 1. The average Bonchev–Trinajstić information content (AvgIpc) is 2.72. The first kappa shape index (κ1) is 19.3. The third-order valence-electron chi connectivity index (χ3n) is 3.98. The number of ether oxygens (including phenoxy) is 1. The fourth-order valence-corrected chi connectivity index (χ4v) is 2.57. The second-order valence-corrected chi connectivity index (χ2v) is 6.25. The molecule has 0 fully saturated rings. The standard InChI is InChI=1S/C20H17ClN4O3/c1-12-15(21)4-3-5-16(12)25-19(26)17-10-23-18(11-22-17)24-14-8-6-13(7-9-14)20(27)28-2/h3-11H,1-2H3,(H,23,24)(H,25,26). The second-order valence-electron chi connectivity index (χ2n) is 5.85. The first-order valence-corrected chi connectivity index (χ1v) is 8.69. The van der Waals surface area contributed by atoms with Gasteiger partial charge in [0.1, 0.15) is 11.5 Å². The van der Waals surface area contributed by atoms with Crippen molar-refractivity contribution in [2.75, 3.05) is 17.7 Å². The molecule has 0 aliphatic rings. The van der Waals surface area contributed by atoms with Crippen LogP contribution in [-0.4, -0.2) is 29.0 Å². The highest BCUT2D eigenvalue weighted by molar-refractivity contribution is 6.31. The topological polar surface area (TPSA) is 93.2 Å². The first-order valence-electron chi connectivity index (χ1n) is 8.32. The summed E-state index contributed by atoms with van der Waals surface area (Å²) in [5, 5.41) is 6.39. The van der Waals surface area contributed by atoms with Crippen LogP contribution in [0.5, 0.6) is 0 Å². The lowest BCUT2D eigenvalue weighted by Gasteiger charge is -2.09. The van der Waals surface area contributed by atoms with Gasteiger partial charge in [0.05, 0.1) is 25.1 Å². The molecule has 0 saturated carbocycles. The summed E-state index contributed by atoms with van der Waals surface area (Å²) in [5.74, 6) is -0.329. The maximum Gasteiger partial charge on any atom is 0.337 e. The summed E-state index contributed by atoms with van der Waals surface area (Å²) in [6.07, 6.45) is 2.83. The monoisotopic (exact) mass is 396 g/mol. The maximum absolute atomic E-state index is 12.4. The molecule has 0 atom stereocenters. The molecule has 28 heavy (non-hydrogen) atoms. The summed E-state index contributed by atoms with van der Waals surface area (Å²) in [4.78, 5) is 32.1. The van der Waals surface area contributed by atoms with Gasteiger partial charge in [-0.15, -0.1) is 0 Å². The van der Waals surface area contributed by atoms with Gasteiger partial charge >= 0.3 is 5.97 Å². The fourth-order valence-electron chi connectivity index (χ4n) is 2.39. The number of carbonyl (C=O) groups is 2. The Kier molecular flexibility index (Phi) is 5.86. The zero-order chi connectivity index (χ0) is 20.1. The summed E-state index contributed by atoms with van der Waals surface area (Å²) < 4.78 is 4.66. The lowest BCUT2D eigenvalue weighted by Crippen LogP contribution is -2.15. The molecule has 2 aromatic carbocycles. The van der Waals surface area contributed by atoms with Crippen LogP contribution in [0.15, 0.2) is 54.9 Å². The number of anilines is 3. The van der Waals surface area contributed by atoms with E-state index in [-0.39, 0.29) is 11.6 Å². The van der Waals surface area contributed by atoms with E-state index in [4.69, 9.17) is 11.6 Å². The van der Waals surface area contributed by atoms with Crippen LogP contribution in [0, 0.1) is 6.92 Å². The molecule has 3 rings (SSSR count). The third kappa shape index (κ3) is 4.44. The van der Waals surface area contributed by atoms with Crippen LogP contribution >= 0.6 is 11.6 Å². The molecule has 2 N–H and O–H groups in total. The Morgan fingerprint density at radius 1 is 1.04 bits per heavy atom. The van der Waals surface area contributed by atoms with E-state index in [1.54, 1.807) is 42.5 Å². The molecule has 1 aromatic heterocycles. The van der Waals surface area contributed by atoms with Gasteiger partial charge in [0.25, 0.3) is 5.91 Å². The van der Waals surface area contributed by atoms with Gasteiger partial charge < -0.3 is 15.4 Å². The number of benzene rings is 2. The minimum Gasteiger partial charge on any atom is -0.465 e. The SMILES string of the molecule is COC(=O)c1ccc(Nc2cnc(C(=O)Nc3cccc(Cl)c3C)cn2)cc1. The highest BCUT2D eigenvalue weighted by Crippen LogP contribution is 2.23. The van der Waals surface area contributed by atoms with Crippen molar-refractivity contribution in [2.45, 2.75) is 6.92 Å². The zero-order valence-electron chi connectivity index (χ0n) is 15.2. The number of hydrogen-bond donors (Lipinski definition) is 2. The van der Waals surface area contributed by atoms with Crippen LogP contribution in [0.3, 0.4) is 0 Å². The third-order valence-corrected chi connectivity index (χ3v) is 4.39. The van der Waals surface area contributed by atoms with Crippen molar-refractivity contribution in [1.82, 2.24) is 9.97 Å². The van der Waals surface area contributed by atoms with Crippen molar-refractivity contribution in [3.8, 4) is 0 Å². The van der Waals surface area contributed by atoms with Gasteiger partial charge in [0.15, 0.2) is 0 Å². The van der Waals surface area contributed by atoms with E-state index in [1.165, 1.54) is 19.5 Å². The normalized spacial score (nSPS) is 10.2. The van der Waals surface area contributed by atoms with E-state index in [2.05, 4.69) is 25.3 Å². The minimum absolute atomic E-state index is 0.172. The molecule has 0 radical (unpaired) electrons. The van der Waals surface area contributed by atoms with Gasteiger partial charge in [0, 0.05) is 16.4 Å². The van der Waals surface area contributed by atoms with E-state index in [9.17, 15) is 9.59 Å². The molecule has 0 unspecified atom stereocenters. The number of carbonyl (C=O) groups excluding carboxylic acids is 2. The molecule has 1 amide bonds. The van der Waals surface area contributed by atoms with E-state index < -0.39 is 5.97 Å². The highest BCUT2D eigenvalue weighted by atomic mass is 35.5. The molecule has 7 nitrogen and oxygen atoms in total. The Balaban J connectivity index is 1.67. The van der Waals surface area contributed by atoms with E-state index in [1.807, 2.05) is 6.92 Å². The quantitative estimate of drug-likeness (QED) is 0.627. The number of rotatable bonds is 5. The van der Waals surface area contributed by atoms with Crippen LogP contribution in [0.25, 0.3) is 0 Å². The lowest BCUT2D eigenvalue weighted by atomic mass is 10.2. The predicted molar refractivity (Wildman–Crippen MR) is 107 cm³/mol.